The molecule has 0 aliphatic carbocycles. The number of phenolic OH excluding ortho intramolecular Hbond substituents is 1. The van der Waals surface area contributed by atoms with E-state index >= 15 is 0 Å². The van der Waals surface area contributed by atoms with Crippen LogP contribution in [-0.2, 0) is 23.8 Å². The monoisotopic (exact) mass is 505 g/mol. The molecule has 1 N–H and O–H groups in total. The lowest BCUT2D eigenvalue weighted by Gasteiger charge is -2.42. The molecular formula is C30H35NO6. The fourth-order valence-electron chi connectivity index (χ4n) is 5.61. The van der Waals surface area contributed by atoms with Crippen molar-refractivity contribution in [3.05, 3.63) is 86.8 Å². The minimum Gasteiger partial charge on any atom is -0.508 e. The normalized spacial score (nSPS) is 19.6. The summed E-state index contributed by atoms with van der Waals surface area (Å²) in [5, 5.41) is 10.3. The Kier molecular flexibility index (Phi) is 7.73. The van der Waals surface area contributed by atoms with Crippen molar-refractivity contribution in [2.75, 3.05) is 26.9 Å². The summed E-state index contributed by atoms with van der Waals surface area (Å²) in [5.74, 6) is -1.73. The summed E-state index contributed by atoms with van der Waals surface area (Å²) >= 11 is 0. The number of ether oxygens (including phenoxy) is 3. The second kappa shape index (κ2) is 10.8. The van der Waals surface area contributed by atoms with Crippen molar-refractivity contribution in [1.29, 1.82) is 0 Å². The molecule has 37 heavy (non-hydrogen) atoms. The summed E-state index contributed by atoms with van der Waals surface area (Å²) in [6.07, 6.45) is -0.0137. The van der Waals surface area contributed by atoms with Crippen molar-refractivity contribution < 1.29 is 28.9 Å². The third-order valence-corrected chi connectivity index (χ3v) is 7.06. The highest BCUT2D eigenvalue weighted by atomic mass is 16.5. The van der Waals surface area contributed by atoms with E-state index in [1.807, 2.05) is 39.6 Å². The number of carbonyl (C=O) groups excluding carboxylic acids is 2. The average Bonchev–Trinajstić information content (AvgIpc) is 2.83. The van der Waals surface area contributed by atoms with Gasteiger partial charge in [-0.3, -0.25) is 0 Å². The topological polar surface area (TPSA) is 85.3 Å². The summed E-state index contributed by atoms with van der Waals surface area (Å²) in [7, 11) is 1.85. The van der Waals surface area contributed by atoms with Crippen molar-refractivity contribution in [3.63, 3.8) is 0 Å². The summed E-state index contributed by atoms with van der Waals surface area (Å²) in [6, 6.07) is 10.8. The third-order valence-electron chi connectivity index (χ3n) is 7.06. The third kappa shape index (κ3) is 5.01. The number of aromatic hydroxyl groups is 1. The Hall–Kier alpha value is -3.58. The molecule has 2 aromatic rings. The highest BCUT2D eigenvalue weighted by Crippen LogP contribution is 2.49. The lowest BCUT2D eigenvalue weighted by atomic mass is 9.77. The number of hydrogen-bond acceptors (Lipinski definition) is 7. The molecule has 2 unspecified atom stereocenters. The maximum absolute atomic E-state index is 13.8. The van der Waals surface area contributed by atoms with Crippen LogP contribution in [0.3, 0.4) is 0 Å². The number of phenols is 1. The van der Waals surface area contributed by atoms with Gasteiger partial charge in [-0.15, -0.1) is 0 Å². The van der Waals surface area contributed by atoms with Crippen LogP contribution in [0, 0.1) is 20.8 Å². The summed E-state index contributed by atoms with van der Waals surface area (Å²) < 4.78 is 17.3. The molecule has 4 rings (SSSR count). The van der Waals surface area contributed by atoms with Gasteiger partial charge in [-0.25, -0.2) is 9.59 Å². The molecule has 2 aliphatic rings. The Morgan fingerprint density at radius 2 is 1.81 bits per heavy atom. The lowest BCUT2D eigenvalue weighted by molar-refractivity contribution is -0.147. The quantitative estimate of drug-likeness (QED) is 0.522. The first-order chi connectivity index (χ1) is 17.7. The van der Waals surface area contributed by atoms with Gasteiger partial charge < -0.3 is 24.2 Å². The van der Waals surface area contributed by atoms with Crippen LogP contribution in [0.1, 0.15) is 60.1 Å². The van der Waals surface area contributed by atoms with Crippen LogP contribution in [-0.4, -0.2) is 48.8 Å². The first-order valence-electron chi connectivity index (χ1n) is 12.7. The van der Waals surface area contributed by atoms with Crippen LogP contribution in [0.5, 0.6) is 5.75 Å². The van der Waals surface area contributed by atoms with Gasteiger partial charge in [0.25, 0.3) is 0 Å². The molecule has 0 spiro atoms. The van der Waals surface area contributed by atoms with Gasteiger partial charge in [0.1, 0.15) is 11.9 Å². The van der Waals surface area contributed by atoms with E-state index in [2.05, 4.69) is 12.1 Å². The van der Waals surface area contributed by atoms with Crippen LogP contribution in [0.4, 0.5) is 0 Å². The van der Waals surface area contributed by atoms with Crippen molar-refractivity contribution in [2.45, 2.75) is 53.1 Å². The highest BCUT2D eigenvalue weighted by molar-refractivity contribution is 6.00. The van der Waals surface area contributed by atoms with Crippen LogP contribution < -0.4 is 0 Å². The molecule has 0 saturated carbocycles. The zero-order valence-corrected chi connectivity index (χ0v) is 22.4. The smallest absolute Gasteiger partial charge is 0.337 e. The number of cyclic esters (lactones) is 1. The van der Waals surface area contributed by atoms with Crippen LogP contribution in [0.15, 0.2) is 58.9 Å². The molecule has 2 atom stereocenters. The van der Waals surface area contributed by atoms with Gasteiger partial charge in [0, 0.05) is 25.8 Å². The molecule has 0 amide bonds. The number of carbonyl (C=O) groups is 2. The Labute approximate surface area is 218 Å². The molecule has 0 saturated heterocycles. The number of likely N-dealkylation sites (N-methyl/N-ethyl adjacent to an activating group) is 1. The second-order valence-corrected chi connectivity index (χ2v) is 9.58. The molecule has 2 aliphatic heterocycles. The average molecular weight is 506 g/mol. The van der Waals surface area contributed by atoms with Crippen LogP contribution in [0.2, 0.25) is 0 Å². The number of esters is 2. The van der Waals surface area contributed by atoms with E-state index in [0.717, 1.165) is 28.0 Å². The summed E-state index contributed by atoms with van der Waals surface area (Å²) in [5.41, 5.74) is 7.01. The van der Waals surface area contributed by atoms with Gasteiger partial charge in [0.2, 0.25) is 0 Å². The number of rotatable bonds is 7. The fourth-order valence-corrected chi connectivity index (χ4v) is 5.61. The molecule has 7 heteroatoms. The number of nitrogens with zero attached hydrogens (tertiary/aromatic N) is 1. The Morgan fingerprint density at radius 3 is 2.43 bits per heavy atom. The van der Waals surface area contributed by atoms with E-state index in [-0.39, 0.29) is 19.0 Å². The number of benzene rings is 2. The zero-order valence-electron chi connectivity index (χ0n) is 22.4. The first-order valence-corrected chi connectivity index (χ1v) is 12.7. The Bertz CT molecular complexity index is 1270. The van der Waals surface area contributed by atoms with Gasteiger partial charge in [0.05, 0.1) is 36.0 Å². The van der Waals surface area contributed by atoms with E-state index in [9.17, 15) is 14.7 Å². The maximum Gasteiger partial charge on any atom is 0.337 e. The molecule has 2 heterocycles. The summed E-state index contributed by atoms with van der Waals surface area (Å²) in [6.45, 7) is 10.6. The van der Waals surface area contributed by atoms with Gasteiger partial charge >= 0.3 is 11.9 Å². The van der Waals surface area contributed by atoms with E-state index in [0.29, 0.717) is 35.4 Å². The van der Waals surface area contributed by atoms with Gasteiger partial charge in [-0.2, -0.15) is 0 Å². The number of aryl methyl sites for hydroxylation is 3. The number of hydrogen-bond donors (Lipinski definition) is 1. The van der Waals surface area contributed by atoms with Crippen molar-refractivity contribution >= 4 is 11.9 Å². The molecule has 0 bridgehead atoms. The molecule has 0 radical (unpaired) electrons. The van der Waals surface area contributed by atoms with E-state index in [1.54, 1.807) is 31.2 Å². The SMILES string of the molecule is CCOCC1=C(C(=O)OCC)C(c2cccc(O)c2)C2=C(CC(c3c(C)cc(C)cc3C)OC2=O)N1C. The second-order valence-electron chi connectivity index (χ2n) is 9.58. The molecule has 0 fully saturated rings. The molecular weight excluding hydrogens is 470 g/mol. The zero-order chi connectivity index (χ0) is 26.9. The van der Waals surface area contributed by atoms with Crippen molar-refractivity contribution in [1.82, 2.24) is 4.90 Å². The first kappa shape index (κ1) is 26.5. The van der Waals surface area contributed by atoms with Gasteiger partial charge in [-0.1, -0.05) is 29.8 Å². The van der Waals surface area contributed by atoms with Crippen LogP contribution in [0.25, 0.3) is 0 Å². The molecule has 0 aromatic heterocycles. The van der Waals surface area contributed by atoms with Crippen molar-refractivity contribution in [2.24, 2.45) is 0 Å². The van der Waals surface area contributed by atoms with E-state index in [4.69, 9.17) is 14.2 Å². The van der Waals surface area contributed by atoms with Crippen molar-refractivity contribution in [3.8, 4) is 5.75 Å². The largest absolute Gasteiger partial charge is 0.508 e. The molecule has 196 valence electrons. The van der Waals surface area contributed by atoms with E-state index < -0.39 is 24.0 Å². The molecule has 2 aromatic carbocycles. The highest BCUT2D eigenvalue weighted by Gasteiger charge is 2.45. The maximum atomic E-state index is 13.8. The standard InChI is InChI=1S/C30H35NO6/c1-7-35-16-23-28(29(33)36-8-2)26(20-10-9-11-21(32)14-20)27-22(31(23)6)15-24(37-30(27)34)25-18(4)12-17(3)13-19(25)5/h9-14,24,26,32H,7-8,15-16H2,1-6H3. The minimum absolute atomic E-state index is 0.0427. The molecule has 7 nitrogen and oxygen atoms in total. The van der Waals surface area contributed by atoms with Gasteiger partial charge in [0.15, 0.2) is 0 Å². The Morgan fingerprint density at radius 1 is 1.11 bits per heavy atom. The minimum atomic E-state index is -0.763. The Balaban J connectivity index is 1.91. The lowest BCUT2D eigenvalue weighted by Crippen LogP contribution is -2.40. The fraction of sp³-hybridized carbons (Fsp3) is 0.400. The van der Waals surface area contributed by atoms with Gasteiger partial charge in [-0.05, 0) is 69.0 Å². The van der Waals surface area contributed by atoms with Crippen LogP contribution >= 0.6 is 0 Å². The predicted molar refractivity (Wildman–Crippen MR) is 140 cm³/mol. The predicted octanol–water partition coefficient (Wildman–Crippen LogP) is 5.14. The van der Waals surface area contributed by atoms with E-state index in [1.165, 1.54) is 0 Å². The summed E-state index contributed by atoms with van der Waals surface area (Å²) in [4.78, 5) is 29.1.